The van der Waals surface area contributed by atoms with E-state index in [1.165, 1.54) is 0 Å². The van der Waals surface area contributed by atoms with Crippen molar-refractivity contribution in [2.45, 2.75) is 19.3 Å². The minimum Gasteiger partial charge on any atom is -0.494 e. The summed E-state index contributed by atoms with van der Waals surface area (Å²) in [5, 5.41) is 14.6. The molecule has 2 aromatic heterocycles. The summed E-state index contributed by atoms with van der Waals surface area (Å²) in [6, 6.07) is 16.4. The average Bonchev–Trinajstić information content (AvgIpc) is 3.19. The molecule has 0 fully saturated rings. The maximum Gasteiger partial charge on any atom is 0.303 e. The number of amides is 1. The number of pyridine rings is 1. The highest BCUT2D eigenvalue weighted by Crippen LogP contribution is 2.23. The van der Waals surface area contributed by atoms with E-state index in [1.54, 1.807) is 42.7 Å². The van der Waals surface area contributed by atoms with Gasteiger partial charge in [-0.1, -0.05) is 12.1 Å². The number of rotatable bonds is 10. The normalized spacial score (nSPS) is 10.7. The number of oxazole rings is 1. The molecule has 0 spiro atoms. The van der Waals surface area contributed by atoms with E-state index >= 15 is 0 Å². The van der Waals surface area contributed by atoms with Crippen molar-refractivity contribution in [1.29, 1.82) is 0 Å². The van der Waals surface area contributed by atoms with Crippen molar-refractivity contribution < 1.29 is 23.8 Å². The van der Waals surface area contributed by atoms with E-state index in [0.717, 1.165) is 11.3 Å². The van der Waals surface area contributed by atoms with Gasteiger partial charge >= 0.3 is 5.97 Å². The second-order valence-electron chi connectivity index (χ2n) is 7.29. The number of carboxylic acid groups (broad SMARTS) is 1. The molecule has 33 heavy (non-hydrogen) atoms. The van der Waals surface area contributed by atoms with Crippen molar-refractivity contribution >= 4 is 40.4 Å². The number of fused-ring (bicyclic) bond motifs is 1. The van der Waals surface area contributed by atoms with E-state index in [4.69, 9.17) is 14.3 Å². The summed E-state index contributed by atoms with van der Waals surface area (Å²) >= 11 is 0. The van der Waals surface area contributed by atoms with Gasteiger partial charge in [-0.3, -0.25) is 14.6 Å². The highest BCUT2D eigenvalue weighted by atomic mass is 16.5. The van der Waals surface area contributed by atoms with Crippen LogP contribution < -0.4 is 15.4 Å². The van der Waals surface area contributed by atoms with Crippen LogP contribution in [0.2, 0.25) is 0 Å². The monoisotopic (exact) mass is 446 g/mol. The molecule has 2 aromatic carbocycles. The van der Waals surface area contributed by atoms with Crippen LogP contribution in [0.25, 0.3) is 11.1 Å². The predicted molar refractivity (Wildman–Crippen MR) is 123 cm³/mol. The van der Waals surface area contributed by atoms with E-state index in [9.17, 15) is 9.59 Å². The summed E-state index contributed by atoms with van der Waals surface area (Å²) in [5.41, 5.74) is 3.39. The Labute approximate surface area is 189 Å². The molecule has 0 aliphatic rings. The molecule has 2 heterocycles. The summed E-state index contributed by atoms with van der Waals surface area (Å²) in [5.74, 6) is -0.482. The molecule has 0 atom stereocenters. The molecule has 0 unspecified atom stereocenters. The van der Waals surface area contributed by atoms with Crippen molar-refractivity contribution in [3.8, 4) is 5.75 Å². The van der Waals surface area contributed by atoms with Crippen molar-refractivity contribution in [3.05, 3.63) is 72.6 Å². The topological polar surface area (TPSA) is 127 Å². The zero-order chi connectivity index (χ0) is 23.0. The number of nitrogens with one attached hydrogen (secondary N) is 2. The van der Waals surface area contributed by atoms with Crippen LogP contribution in [0.4, 0.5) is 17.4 Å². The predicted octanol–water partition coefficient (Wildman–Crippen LogP) is 4.39. The molecule has 1 amide bonds. The van der Waals surface area contributed by atoms with Gasteiger partial charge in [-0.15, -0.1) is 0 Å². The minimum atomic E-state index is -0.857. The molecule has 168 valence electrons. The SMILES string of the molecule is O=C(O)CCCOc1cccc(NC(=O)Cc2ccc3nc(Nc4cccnc4)oc3c2)c1. The molecule has 4 aromatic rings. The van der Waals surface area contributed by atoms with Crippen LogP contribution in [0.5, 0.6) is 5.75 Å². The number of nitrogens with zero attached hydrogens (tertiary/aromatic N) is 2. The second-order valence-corrected chi connectivity index (χ2v) is 7.29. The Hall–Kier alpha value is -4.40. The van der Waals surface area contributed by atoms with E-state index in [0.29, 0.717) is 41.6 Å². The van der Waals surface area contributed by atoms with Crippen LogP contribution in [0.15, 0.2) is 71.4 Å². The summed E-state index contributed by atoms with van der Waals surface area (Å²) in [6.45, 7) is 0.290. The number of hydrogen-bond acceptors (Lipinski definition) is 7. The van der Waals surface area contributed by atoms with Crippen LogP contribution in [0.3, 0.4) is 0 Å². The quantitative estimate of drug-likeness (QED) is 0.306. The standard InChI is InChI=1S/C24H22N4O5/c29-22(26-17-4-1-6-19(14-17)32-11-3-7-23(30)31)13-16-8-9-20-21(12-16)33-24(28-20)27-18-5-2-10-25-15-18/h1-2,4-6,8-10,12,14-15H,3,7,11,13H2,(H,26,29)(H,27,28)(H,30,31). The molecule has 0 aliphatic carbocycles. The molecule has 0 saturated heterocycles. The molecule has 0 aliphatic heterocycles. The zero-order valence-electron chi connectivity index (χ0n) is 17.7. The lowest BCUT2D eigenvalue weighted by atomic mass is 10.1. The fourth-order valence-electron chi connectivity index (χ4n) is 3.16. The number of carbonyl (C=O) groups is 2. The van der Waals surface area contributed by atoms with E-state index in [2.05, 4.69) is 20.6 Å². The number of carbonyl (C=O) groups excluding carboxylic acids is 1. The Morgan fingerprint density at radius 1 is 1.06 bits per heavy atom. The Kier molecular flexibility index (Phi) is 6.79. The Morgan fingerprint density at radius 3 is 2.76 bits per heavy atom. The molecule has 9 heteroatoms. The average molecular weight is 446 g/mol. The number of aliphatic carboxylic acids is 1. The highest BCUT2D eigenvalue weighted by Gasteiger charge is 2.10. The Bertz CT molecular complexity index is 1260. The summed E-state index contributed by atoms with van der Waals surface area (Å²) in [6.07, 6.45) is 3.97. The first-order chi connectivity index (χ1) is 16.0. The number of anilines is 3. The van der Waals surface area contributed by atoms with Gasteiger partial charge in [-0.25, -0.2) is 0 Å². The Morgan fingerprint density at radius 2 is 1.94 bits per heavy atom. The molecular weight excluding hydrogens is 424 g/mol. The van der Waals surface area contributed by atoms with Crippen molar-refractivity contribution in [2.75, 3.05) is 17.2 Å². The van der Waals surface area contributed by atoms with Gasteiger partial charge in [0.2, 0.25) is 5.91 Å². The molecule has 9 nitrogen and oxygen atoms in total. The van der Waals surface area contributed by atoms with Gasteiger partial charge < -0.3 is 24.9 Å². The first-order valence-corrected chi connectivity index (χ1v) is 10.4. The van der Waals surface area contributed by atoms with Gasteiger partial charge in [-0.05, 0) is 48.4 Å². The highest BCUT2D eigenvalue weighted by molar-refractivity contribution is 5.93. The van der Waals surface area contributed by atoms with Crippen LogP contribution in [0.1, 0.15) is 18.4 Å². The van der Waals surface area contributed by atoms with Gasteiger partial charge in [0.25, 0.3) is 6.01 Å². The first kappa shape index (κ1) is 21.8. The van der Waals surface area contributed by atoms with Crippen molar-refractivity contribution in [2.24, 2.45) is 0 Å². The fourth-order valence-corrected chi connectivity index (χ4v) is 3.16. The molecule has 0 radical (unpaired) electrons. The number of carboxylic acids is 1. The van der Waals surface area contributed by atoms with Crippen molar-refractivity contribution in [3.63, 3.8) is 0 Å². The van der Waals surface area contributed by atoms with Gasteiger partial charge in [0.15, 0.2) is 5.58 Å². The van der Waals surface area contributed by atoms with Crippen molar-refractivity contribution in [1.82, 2.24) is 9.97 Å². The molecule has 3 N–H and O–H groups in total. The summed E-state index contributed by atoms with van der Waals surface area (Å²) < 4.78 is 11.3. The lowest BCUT2D eigenvalue weighted by molar-refractivity contribution is -0.137. The fraction of sp³-hybridized carbons (Fsp3) is 0.167. The third kappa shape index (κ3) is 6.30. The smallest absolute Gasteiger partial charge is 0.303 e. The molecule has 0 saturated carbocycles. The largest absolute Gasteiger partial charge is 0.494 e. The maximum atomic E-state index is 12.5. The number of ether oxygens (including phenoxy) is 1. The van der Waals surface area contributed by atoms with Gasteiger partial charge in [-0.2, -0.15) is 4.98 Å². The van der Waals surface area contributed by atoms with Crippen LogP contribution in [-0.4, -0.2) is 33.6 Å². The van der Waals surface area contributed by atoms with E-state index < -0.39 is 5.97 Å². The number of benzene rings is 2. The molecule has 4 rings (SSSR count). The minimum absolute atomic E-state index is 0.0486. The molecular formula is C24H22N4O5. The van der Waals surface area contributed by atoms with E-state index in [1.807, 2.05) is 24.3 Å². The van der Waals surface area contributed by atoms with Crippen LogP contribution in [0, 0.1) is 0 Å². The van der Waals surface area contributed by atoms with Gasteiger partial charge in [0.05, 0.1) is 24.9 Å². The van der Waals surface area contributed by atoms with Gasteiger partial charge in [0, 0.05) is 24.4 Å². The number of aromatic nitrogens is 2. The summed E-state index contributed by atoms with van der Waals surface area (Å²) in [7, 11) is 0. The summed E-state index contributed by atoms with van der Waals surface area (Å²) in [4.78, 5) is 31.5. The molecule has 0 bridgehead atoms. The maximum absolute atomic E-state index is 12.5. The number of hydrogen-bond donors (Lipinski definition) is 3. The van der Waals surface area contributed by atoms with Gasteiger partial charge in [0.1, 0.15) is 11.3 Å². The third-order valence-electron chi connectivity index (χ3n) is 4.65. The van der Waals surface area contributed by atoms with Crippen LogP contribution >= 0.6 is 0 Å². The van der Waals surface area contributed by atoms with E-state index in [-0.39, 0.29) is 18.7 Å². The second kappa shape index (κ2) is 10.3. The lowest BCUT2D eigenvalue weighted by Crippen LogP contribution is -2.14. The lowest BCUT2D eigenvalue weighted by Gasteiger charge is -2.09. The Balaban J connectivity index is 1.35. The first-order valence-electron chi connectivity index (χ1n) is 10.4. The third-order valence-corrected chi connectivity index (χ3v) is 4.65. The zero-order valence-corrected chi connectivity index (χ0v) is 17.7. The van der Waals surface area contributed by atoms with Crippen LogP contribution in [-0.2, 0) is 16.0 Å².